The molecule has 2 amide bonds. The van der Waals surface area contributed by atoms with Crippen LogP contribution in [-0.4, -0.2) is 63.1 Å². The molecule has 2 aromatic carbocycles. The molecule has 2 saturated heterocycles. The van der Waals surface area contributed by atoms with Crippen molar-refractivity contribution in [3.05, 3.63) is 55.2 Å². The number of carbonyl (C=O) groups is 2. The van der Waals surface area contributed by atoms with Crippen LogP contribution in [0.5, 0.6) is 0 Å². The van der Waals surface area contributed by atoms with Crippen molar-refractivity contribution in [2.24, 2.45) is 17.8 Å². The Labute approximate surface area is 279 Å². The number of halogens is 2. The highest BCUT2D eigenvalue weighted by Crippen LogP contribution is 2.36. The minimum absolute atomic E-state index is 0.0505. The molecule has 0 saturated carbocycles. The Morgan fingerprint density at radius 1 is 0.953 bits per heavy atom. The molecule has 2 fully saturated rings. The molecule has 43 heavy (non-hydrogen) atoms. The number of nitrogens with zero attached hydrogens (tertiary/aromatic N) is 3. The Balaban J connectivity index is 0.000000194. The Hall–Kier alpha value is -2.46. The quantitative estimate of drug-likeness (QED) is 0.176. The summed E-state index contributed by atoms with van der Waals surface area (Å²) >= 11 is 4.59. The fourth-order valence-electron chi connectivity index (χ4n) is 5.87. The predicted molar refractivity (Wildman–Crippen MR) is 185 cm³/mol. The van der Waals surface area contributed by atoms with Gasteiger partial charge in [-0.05, 0) is 119 Å². The maximum absolute atomic E-state index is 13.2. The zero-order valence-electron chi connectivity index (χ0n) is 25.1. The van der Waals surface area contributed by atoms with Gasteiger partial charge in [0.1, 0.15) is 17.7 Å². The first-order valence-corrected chi connectivity index (χ1v) is 16.9. The number of amides is 2. The van der Waals surface area contributed by atoms with Crippen LogP contribution in [0.4, 0.5) is 4.79 Å². The minimum atomic E-state index is -0.629. The van der Waals surface area contributed by atoms with E-state index in [1.807, 2.05) is 36.9 Å². The molecule has 10 nitrogen and oxygen atoms in total. The Kier molecular flexibility index (Phi) is 10.2. The van der Waals surface area contributed by atoms with Crippen molar-refractivity contribution in [3.8, 4) is 0 Å². The van der Waals surface area contributed by atoms with E-state index in [0.717, 1.165) is 56.2 Å². The number of carbonyl (C=O) groups excluding carboxylic acids is 2. The van der Waals surface area contributed by atoms with Gasteiger partial charge in [-0.2, -0.15) is 0 Å². The van der Waals surface area contributed by atoms with Gasteiger partial charge in [0.25, 0.3) is 0 Å². The van der Waals surface area contributed by atoms with Crippen LogP contribution in [-0.2, 0) is 9.53 Å². The van der Waals surface area contributed by atoms with Gasteiger partial charge < -0.3 is 30.2 Å². The number of aromatic nitrogens is 4. The Morgan fingerprint density at radius 3 is 2.12 bits per heavy atom. The standard InChI is InChI=1S/C19H25IN4O3.C12H14IN3/c1-10(2)16(23-19(26)27-4)18(25)24-9-11(3)7-15(24)17-21-13-6-5-12(20)8-14(13)22-17;1-7-4-11(14-6-7)12-15-9-3-2-8(13)5-10(9)16-12/h5-6,8,10-11,15-16H,7,9H2,1-4H3,(H,21,22)(H,23,26);2-3,5,7,11,14H,4,6H2,1H3,(H,15,16)/t11-,15-,16-;7-,11-/m00/s1. The molecule has 0 unspecified atom stereocenters. The van der Waals surface area contributed by atoms with E-state index in [1.54, 1.807) is 0 Å². The summed E-state index contributed by atoms with van der Waals surface area (Å²) in [5, 5.41) is 6.18. The predicted octanol–water partition coefficient (Wildman–Crippen LogP) is 6.30. The molecule has 2 aliphatic rings. The van der Waals surface area contributed by atoms with Crippen LogP contribution < -0.4 is 10.6 Å². The third-order valence-electron chi connectivity index (χ3n) is 8.11. The molecule has 0 spiro atoms. The van der Waals surface area contributed by atoms with E-state index >= 15 is 0 Å². The number of H-pyrrole nitrogens is 2. The van der Waals surface area contributed by atoms with Gasteiger partial charge >= 0.3 is 6.09 Å². The lowest BCUT2D eigenvalue weighted by atomic mass is 10.0. The van der Waals surface area contributed by atoms with Gasteiger partial charge in [0.15, 0.2) is 0 Å². The van der Waals surface area contributed by atoms with Crippen LogP contribution in [0.2, 0.25) is 0 Å². The second-order valence-electron chi connectivity index (χ2n) is 12.1. The molecule has 4 aromatic rings. The van der Waals surface area contributed by atoms with Crippen LogP contribution in [0.3, 0.4) is 0 Å². The zero-order chi connectivity index (χ0) is 30.8. The third kappa shape index (κ3) is 7.44. The first-order valence-electron chi connectivity index (χ1n) is 14.7. The van der Waals surface area contributed by atoms with Gasteiger partial charge in [0.2, 0.25) is 5.91 Å². The average Bonchev–Trinajstić information content (AvgIpc) is 3.76. The number of methoxy groups -OCH3 is 1. The van der Waals surface area contributed by atoms with Gasteiger partial charge in [0.05, 0.1) is 41.3 Å². The van der Waals surface area contributed by atoms with Crippen molar-refractivity contribution in [1.29, 1.82) is 0 Å². The Morgan fingerprint density at radius 2 is 1.56 bits per heavy atom. The van der Waals surface area contributed by atoms with Crippen LogP contribution in [0, 0.1) is 24.9 Å². The Bertz CT molecular complexity index is 1600. The zero-order valence-corrected chi connectivity index (χ0v) is 29.4. The number of hydrogen-bond acceptors (Lipinski definition) is 6. The summed E-state index contributed by atoms with van der Waals surface area (Å²) in [5.41, 5.74) is 4.07. The molecule has 4 heterocycles. The summed E-state index contributed by atoms with van der Waals surface area (Å²) in [6.45, 7) is 9.97. The number of fused-ring (bicyclic) bond motifs is 2. The van der Waals surface area contributed by atoms with E-state index < -0.39 is 12.1 Å². The van der Waals surface area contributed by atoms with Crippen LogP contribution in [0.15, 0.2) is 36.4 Å². The fourth-order valence-corrected chi connectivity index (χ4v) is 6.86. The molecular formula is C31H39I2N7O3. The van der Waals surface area contributed by atoms with Crippen molar-refractivity contribution in [2.45, 2.75) is 58.7 Å². The van der Waals surface area contributed by atoms with Crippen molar-refractivity contribution in [3.63, 3.8) is 0 Å². The molecule has 4 N–H and O–H groups in total. The second kappa shape index (κ2) is 13.7. The number of rotatable bonds is 5. The number of hydrogen-bond donors (Lipinski definition) is 4. The summed E-state index contributed by atoms with van der Waals surface area (Å²) in [4.78, 5) is 42.9. The van der Waals surface area contributed by atoms with E-state index in [-0.39, 0.29) is 17.9 Å². The summed E-state index contributed by atoms with van der Waals surface area (Å²) in [6.07, 6.45) is 1.42. The summed E-state index contributed by atoms with van der Waals surface area (Å²) < 4.78 is 7.06. The normalized spacial score (nSPS) is 22.6. The van der Waals surface area contributed by atoms with Crippen molar-refractivity contribution in [1.82, 2.24) is 35.5 Å². The number of likely N-dealkylation sites (tertiary alicyclic amines) is 1. The fraction of sp³-hybridized carbons (Fsp3) is 0.484. The van der Waals surface area contributed by atoms with Gasteiger partial charge in [-0.15, -0.1) is 0 Å². The first-order chi connectivity index (χ1) is 20.5. The summed E-state index contributed by atoms with van der Waals surface area (Å²) in [5.74, 6) is 2.84. The number of alkyl carbamates (subject to hydrolysis) is 1. The molecule has 6 rings (SSSR count). The summed E-state index contributed by atoms with van der Waals surface area (Å²) in [6, 6.07) is 12.0. The lowest BCUT2D eigenvalue weighted by molar-refractivity contribution is -0.135. The SMILES string of the molecule is COC(=O)N[C@H](C(=O)N1C[C@@H](C)C[C@H]1c1nc2ccc(I)cc2[nH]1)C(C)C.C[C@@H]1CN[C@H](c2nc3ccc(I)cc3[nH]2)C1. The number of nitrogens with one attached hydrogen (secondary N) is 4. The highest BCUT2D eigenvalue weighted by Gasteiger charge is 2.40. The van der Waals surface area contributed by atoms with E-state index in [0.29, 0.717) is 18.5 Å². The van der Waals surface area contributed by atoms with Crippen LogP contribution >= 0.6 is 45.2 Å². The molecular weight excluding hydrogens is 772 g/mol. The van der Waals surface area contributed by atoms with Gasteiger partial charge in [-0.1, -0.05) is 27.7 Å². The number of aromatic amines is 2. The lowest BCUT2D eigenvalue weighted by Crippen LogP contribution is -2.51. The first kappa shape index (κ1) is 31.9. The topological polar surface area (TPSA) is 128 Å². The maximum atomic E-state index is 13.2. The molecule has 12 heteroatoms. The third-order valence-corrected chi connectivity index (χ3v) is 9.45. The lowest BCUT2D eigenvalue weighted by Gasteiger charge is -2.30. The van der Waals surface area contributed by atoms with E-state index in [2.05, 4.69) is 108 Å². The van der Waals surface area contributed by atoms with Gasteiger partial charge in [-0.3, -0.25) is 4.79 Å². The van der Waals surface area contributed by atoms with Crippen molar-refractivity contribution >= 4 is 79.2 Å². The highest BCUT2D eigenvalue weighted by atomic mass is 127. The number of ether oxygens (including phenoxy) is 1. The maximum Gasteiger partial charge on any atom is 0.407 e. The molecule has 0 aliphatic carbocycles. The number of benzene rings is 2. The molecule has 2 aromatic heterocycles. The van der Waals surface area contributed by atoms with E-state index in [9.17, 15) is 9.59 Å². The largest absolute Gasteiger partial charge is 0.453 e. The van der Waals surface area contributed by atoms with Crippen molar-refractivity contribution in [2.75, 3.05) is 20.2 Å². The van der Waals surface area contributed by atoms with E-state index in [1.165, 1.54) is 17.1 Å². The van der Waals surface area contributed by atoms with Crippen LogP contribution in [0.1, 0.15) is 64.3 Å². The smallest absolute Gasteiger partial charge is 0.407 e. The highest BCUT2D eigenvalue weighted by molar-refractivity contribution is 14.1. The molecule has 0 bridgehead atoms. The van der Waals surface area contributed by atoms with E-state index in [4.69, 9.17) is 4.98 Å². The summed E-state index contributed by atoms with van der Waals surface area (Å²) in [7, 11) is 1.30. The van der Waals surface area contributed by atoms with Gasteiger partial charge in [-0.25, -0.2) is 14.8 Å². The number of imidazole rings is 2. The van der Waals surface area contributed by atoms with Gasteiger partial charge in [0, 0.05) is 13.7 Å². The van der Waals surface area contributed by atoms with Crippen LogP contribution in [0.25, 0.3) is 22.1 Å². The molecule has 230 valence electrons. The molecule has 2 aliphatic heterocycles. The average molecular weight is 812 g/mol. The second-order valence-corrected chi connectivity index (χ2v) is 14.6. The minimum Gasteiger partial charge on any atom is -0.453 e. The monoisotopic (exact) mass is 811 g/mol. The van der Waals surface area contributed by atoms with Crippen molar-refractivity contribution < 1.29 is 14.3 Å². The molecule has 0 radical (unpaired) electrons. The molecule has 5 atom stereocenters.